The Morgan fingerprint density at radius 2 is 1.81 bits per heavy atom. The van der Waals surface area contributed by atoms with Gasteiger partial charge in [0, 0.05) is 36.1 Å². The van der Waals surface area contributed by atoms with Crippen LogP contribution in [0.4, 0.5) is 4.79 Å². The lowest BCUT2D eigenvalue weighted by molar-refractivity contribution is -0.123. The summed E-state index contributed by atoms with van der Waals surface area (Å²) >= 11 is 0. The molecule has 0 unspecified atom stereocenters. The number of rotatable bonds is 8. The standard InChI is InChI=1S/C20H30N4O2/c1-13(2)9-10-21-20(26)24-18(19(25)23-14(3)4)11-15-12-22-17-8-6-5-7-16(15)17/h5-8,12-14,18,22H,9-11H2,1-4H3,(H,23,25)(H2,21,24,26)/t18-/m1/s1. The van der Waals surface area contributed by atoms with E-state index in [1.807, 2.05) is 44.3 Å². The van der Waals surface area contributed by atoms with Gasteiger partial charge in [0.05, 0.1) is 0 Å². The molecule has 0 saturated heterocycles. The van der Waals surface area contributed by atoms with E-state index >= 15 is 0 Å². The van der Waals surface area contributed by atoms with E-state index in [4.69, 9.17) is 0 Å². The van der Waals surface area contributed by atoms with Crippen LogP contribution in [0.3, 0.4) is 0 Å². The topological polar surface area (TPSA) is 86.0 Å². The Kier molecular flexibility index (Phi) is 7.06. The second kappa shape index (κ2) is 9.27. The quantitative estimate of drug-likeness (QED) is 0.585. The lowest BCUT2D eigenvalue weighted by atomic mass is 10.0. The fourth-order valence-corrected chi connectivity index (χ4v) is 2.80. The normalized spacial score (nSPS) is 12.4. The van der Waals surface area contributed by atoms with Crippen LogP contribution in [0.25, 0.3) is 10.9 Å². The van der Waals surface area contributed by atoms with E-state index in [1.54, 1.807) is 0 Å². The number of nitrogens with one attached hydrogen (secondary N) is 4. The second-order valence-corrected chi connectivity index (χ2v) is 7.36. The lowest BCUT2D eigenvalue weighted by Gasteiger charge is -2.20. The van der Waals surface area contributed by atoms with E-state index in [9.17, 15) is 9.59 Å². The Bertz CT molecular complexity index is 736. The van der Waals surface area contributed by atoms with Crippen LogP contribution in [0.5, 0.6) is 0 Å². The van der Waals surface area contributed by atoms with Crippen LogP contribution in [0.2, 0.25) is 0 Å². The Morgan fingerprint density at radius 1 is 1.08 bits per heavy atom. The van der Waals surface area contributed by atoms with Gasteiger partial charge in [0.1, 0.15) is 6.04 Å². The number of carbonyl (C=O) groups excluding carboxylic acids is 2. The number of amides is 3. The van der Waals surface area contributed by atoms with Crippen molar-refractivity contribution < 1.29 is 9.59 Å². The van der Waals surface area contributed by atoms with Crippen molar-refractivity contribution in [2.45, 2.75) is 52.6 Å². The van der Waals surface area contributed by atoms with E-state index in [0.29, 0.717) is 18.9 Å². The number of urea groups is 1. The van der Waals surface area contributed by atoms with Crippen molar-refractivity contribution in [2.24, 2.45) is 5.92 Å². The molecule has 6 nitrogen and oxygen atoms in total. The van der Waals surface area contributed by atoms with Crippen molar-refractivity contribution in [3.63, 3.8) is 0 Å². The SMILES string of the molecule is CC(C)CCNC(=O)N[C@H](Cc1c[nH]c2ccccc12)C(=O)NC(C)C. The second-order valence-electron chi connectivity index (χ2n) is 7.36. The molecule has 0 radical (unpaired) electrons. The summed E-state index contributed by atoms with van der Waals surface area (Å²) in [5.41, 5.74) is 2.03. The summed E-state index contributed by atoms with van der Waals surface area (Å²) in [5, 5.41) is 9.61. The highest BCUT2D eigenvalue weighted by Gasteiger charge is 2.23. The summed E-state index contributed by atoms with van der Waals surface area (Å²) in [6.07, 6.45) is 3.23. The van der Waals surface area contributed by atoms with Gasteiger partial charge in [0.25, 0.3) is 0 Å². The Labute approximate surface area is 155 Å². The molecule has 2 rings (SSSR count). The predicted molar refractivity (Wildman–Crippen MR) is 105 cm³/mol. The van der Waals surface area contributed by atoms with Crippen molar-refractivity contribution in [3.05, 3.63) is 36.0 Å². The van der Waals surface area contributed by atoms with Gasteiger partial charge in [-0.3, -0.25) is 4.79 Å². The zero-order chi connectivity index (χ0) is 19.1. The van der Waals surface area contributed by atoms with Gasteiger partial charge in [-0.1, -0.05) is 32.0 Å². The number of fused-ring (bicyclic) bond motifs is 1. The number of carbonyl (C=O) groups is 2. The fourth-order valence-electron chi connectivity index (χ4n) is 2.80. The van der Waals surface area contributed by atoms with E-state index in [1.165, 1.54) is 0 Å². The van der Waals surface area contributed by atoms with Crippen LogP contribution in [-0.4, -0.2) is 35.6 Å². The monoisotopic (exact) mass is 358 g/mol. The summed E-state index contributed by atoms with van der Waals surface area (Å²) in [7, 11) is 0. The molecule has 1 aromatic heterocycles. The third-order valence-corrected chi connectivity index (χ3v) is 4.16. The van der Waals surface area contributed by atoms with Gasteiger partial charge in [0.2, 0.25) is 5.91 Å². The molecule has 26 heavy (non-hydrogen) atoms. The van der Waals surface area contributed by atoms with Gasteiger partial charge in [0.15, 0.2) is 0 Å². The van der Waals surface area contributed by atoms with Crippen LogP contribution < -0.4 is 16.0 Å². The van der Waals surface area contributed by atoms with Crippen LogP contribution in [0.1, 0.15) is 39.7 Å². The van der Waals surface area contributed by atoms with Crippen molar-refractivity contribution in [1.29, 1.82) is 0 Å². The third kappa shape index (κ3) is 5.79. The van der Waals surface area contributed by atoms with Crippen molar-refractivity contribution >= 4 is 22.8 Å². The molecule has 4 N–H and O–H groups in total. The minimum Gasteiger partial charge on any atom is -0.361 e. The van der Waals surface area contributed by atoms with Crippen LogP contribution in [0.15, 0.2) is 30.5 Å². The molecule has 2 aromatic rings. The minimum absolute atomic E-state index is 0.0128. The fraction of sp³-hybridized carbons (Fsp3) is 0.500. The molecule has 0 saturated carbocycles. The van der Waals surface area contributed by atoms with Crippen molar-refractivity contribution in [2.75, 3.05) is 6.54 Å². The first kappa shape index (κ1) is 19.8. The van der Waals surface area contributed by atoms with Gasteiger partial charge >= 0.3 is 6.03 Å². The van der Waals surface area contributed by atoms with Crippen molar-refractivity contribution in [1.82, 2.24) is 20.9 Å². The van der Waals surface area contributed by atoms with Crippen molar-refractivity contribution in [3.8, 4) is 0 Å². The average Bonchev–Trinajstić information content (AvgIpc) is 2.96. The minimum atomic E-state index is -0.629. The highest BCUT2D eigenvalue weighted by atomic mass is 16.2. The Morgan fingerprint density at radius 3 is 2.50 bits per heavy atom. The first-order chi connectivity index (χ1) is 12.4. The molecule has 0 fully saturated rings. The smallest absolute Gasteiger partial charge is 0.315 e. The van der Waals surface area contributed by atoms with E-state index in [2.05, 4.69) is 34.8 Å². The molecule has 0 aliphatic carbocycles. The lowest BCUT2D eigenvalue weighted by Crippen LogP contribution is -2.52. The maximum Gasteiger partial charge on any atom is 0.315 e. The number of H-pyrrole nitrogens is 1. The third-order valence-electron chi connectivity index (χ3n) is 4.16. The molecule has 0 spiro atoms. The summed E-state index contributed by atoms with van der Waals surface area (Å²) in [6.45, 7) is 8.62. The molecule has 0 bridgehead atoms. The summed E-state index contributed by atoms with van der Waals surface area (Å²) in [5.74, 6) is 0.339. The van der Waals surface area contributed by atoms with E-state index in [-0.39, 0.29) is 18.0 Å². The van der Waals surface area contributed by atoms with Crippen LogP contribution in [-0.2, 0) is 11.2 Å². The molecule has 6 heteroatoms. The molecule has 0 aliphatic rings. The zero-order valence-electron chi connectivity index (χ0n) is 16.1. The summed E-state index contributed by atoms with van der Waals surface area (Å²) in [4.78, 5) is 28.0. The zero-order valence-corrected chi connectivity index (χ0v) is 16.1. The maximum atomic E-state index is 12.6. The molecule has 1 atom stereocenters. The largest absolute Gasteiger partial charge is 0.361 e. The maximum absolute atomic E-state index is 12.6. The number of para-hydroxylation sites is 1. The van der Waals surface area contributed by atoms with Crippen LogP contribution >= 0.6 is 0 Å². The van der Waals surface area contributed by atoms with E-state index in [0.717, 1.165) is 22.9 Å². The van der Waals surface area contributed by atoms with E-state index < -0.39 is 6.04 Å². The number of aromatic nitrogens is 1. The highest BCUT2D eigenvalue weighted by Crippen LogP contribution is 2.19. The first-order valence-corrected chi connectivity index (χ1v) is 9.26. The number of hydrogen-bond acceptors (Lipinski definition) is 2. The van der Waals surface area contributed by atoms with Crippen LogP contribution in [0, 0.1) is 5.92 Å². The number of benzene rings is 1. The first-order valence-electron chi connectivity index (χ1n) is 9.26. The number of aromatic amines is 1. The van der Waals surface area contributed by atoms with Gasteiger partial charge < -0.3 is 20.9 Å². The number of hydrogen-bond donors (Lipinski definition) is 4. The molecular weight excluding hydrogens is 328 g/mol. The average molecular weight is 358 g/mol. The van der Waals surface area contributed by atoms with Gasteiger partial charge in [-0.05, 0) is 37.8 Å². The van der Waals surface area contributed by atoms with Gasteiger partial charge in [-0.25, -0.2) is 4.79 Å². The molecule has 1 heterocycles. The molecule has 142 valence electrons. The highest BCUT2D eigenvalue weighted by molar-refractivity contribution is 5.89. The summed E-state index contributed by atoms with van der Waals surface area (Å²) < 4.78 is 0. The molecular formula is C20H30N4O2. The Hall–Kier alpha value is -2.50. The summed E-state index contributed by atoms with van der Waals surface area (Å²) in [6, 6.07) is 7.01. The van der Waals surface area contributed by atoms with Gasteiger partial charge in [-0.2, -0.15) is 0 Å². The Balaban J connectivity index is 2.08. The van der Waals surface area contributed by atoms with Gasteiger partial charge in [-0.15, -0.1) is 0 Å². The molecule has 1 aromatic carbocycles. The molecule has 0 aliphatic heterocycles. The predicted octanol–water partition coefficient (Wildman–Crippen LogP) is 2.95. The molecule has 3 amide bonds.